The second kappa shape index (κ2) is 10.6. The van der Waals surface area contributed by atoms with E-state index < -0.39 is 0 Å². The number of para-hydroxylation sites is 1. The maximum Gasteiger partial charge on any atom is 0.236 e. The molecule has 0 aromatic heterocycles. The van der Waals surface area contributed by atoms with Crippen molar-refractivity contribution in [1.82, 2.24) is 9.80 Å². The number of rotatable bonds is 6. The Labute approximate surface area is 185 Å². The lowest BCUT2D eigenvalue weighted by molar-refractivity contribution is -0.135. The zero-order chi connectivity index (χ0) is 21.5. The molecule has 2 aliphatic rings. The smallest absolute Gasteiger partial charge is 0.236 e. The van der Waals surface area contributed by atoms with Crippen molar-refractivity contribution in [2.45, 2.75) is 32.1 Å². The molecule has 0 aliphatic carbocycles. The van der Waals surface area contributed by atoms with Gasteiger partial charge in [0.25, 0.3) is 0 Å². The van der Waals surface area contributed by atoms with Crippen molar-refractivity contribution in [3.8, 4) is 0 Å². The standard InChI is InChI=1S/C26H33N3O2/c30-25(20-28-15-11-22(12-16-28)19-21-7-3-1-4-8-21)29-17-13-23(14-18-29)26(31)27-24-9-5-2-6-10-24/h1-10,22-23H,11-20H2,(H,27,31). The lowest BCUT2D eigenvalue weighted by Gasteiger charge is -2.35. The molecule has 0 atom stereocenters. The Bertz CT molecular complexity index is 839. The van der Waals surface area contributed by atoms with E-state index in [1.54, 1.807) is 0 Å². The number of hydrogen-bond acceptors (Lipinski definition) is 3. The quantitative estimate of drug-likeness (QED) is 0.775. The van der Waals surface area contributed by atoms with E-state index >= 15 is 0 Å². The van der Waals surface area contributed by atoms with Crippen molar-refractivity contribution in [3.05, 3.63) is 66.2 Å². The number of nitrogens with zero attached hydrogens (tertiary/aromatic N) is 2. The SMILES string of the molecule is O=C(Nc1ccccc1)C1CCN(C(=O)CN2CCC(Cc3ccccc3)CC2)CC1. The third-order valence-electron chi connectivity index (χ3n) is 6.69. The van der Waals surface area contributed by atoms with Gasteiger partial charge in [0.15, 0.2) is 0 Å². The van der Waals surface area contributed by atoms with Gasteiger partial charge in [-0.25, -0.2) is 0 Å². The van der Waals surface area contributed by atoms with E-state index in [9.17, 15) is 9.59 Å². The average Bonchev–Trinajstić information content (AvgIpc) is 2.82. The lowest BCUT2D eigenvalue weighted by Crippen LogP contribution is -2.47. The highest BCUT2D eigenvalue weighted by Crippen LogP contribution is 2.23. The van der Waals surface area contributed by atoms with Crippen molar-refractivity contribution >= 4 is 17.5 Å². The van der Waals surface area contributed by atoms with Crippen LogP contribution in [-0.2, 0) is 16.0 Å². The Hall–Kier alpha value is -2.66. The normalized spacial score (nSPS) is 18.6. The number of carbonyl (C=O) groups excluding carboxylic acids is 2. The van der Waals surface area contributed by atoms with E-state index in [-0.39, 0.29) is 17.7 Å². The van der Waals surface area contributed by atoms with Crippen molar-refractivity contribution in [2.75, 3.05) is 38.0 Å². The van der Waals surface area contributed by atoms with E-state index in [0.717, 1.165) is 50.9 Å². The number of nitrogens with one attached hydrogen (secondary N) is 1. The minimum atomic E-state index is -0.0158. The van der Waals surface area contributed by atoms with Crippen LogP contribution in [0.4, 0.5) is 5.69 Å². The first-order valence-corrected chi connectivity index (χ1v) is 11.6. The molecule has 2 aromatic carbocycles. The predicted molar refractivity (Wildman–Crippen MR) is 124 cm³/mol. The van der Waals surface area contributed by atoms with Crippen LogP contribution in [0.1, 0.15) is 31.2 Å². The molecule has 2 fully saturated rings. The summed E-state index contributed by atoms with van der Waals surface area (Å²) in [6.45, 7) is 3.86. The molecule has 0 spiro atoms. The van der Waals surface area contributed by atoms with Crippen LogP contribution in [0.3, 0.4) is 0 Å². The van der Waals surface area contributed by atoms with Gasteiger partial charge in [0.05, 0.1) is 6.54 Å². The fourth-order valence-electron chi connectivity index (χ4n) is 4.74. The van der Waals surface area contributed by atoms with Crippen LogP contribution < -0.4 is 5.32 Å². The average molecular weight is 420 g/mol. The number of amides is 2. The van der Waals surface area contributed by atoms with Gasteiger partial charge < -0.3 is 10.2 Å². The van der Waals surface area contributed by atoms with E-state index in [2.05, 4.69) is 40.5 Å². The number of benzene rings is 2. The van der Waals surface area contributed by atoms with Gasteiger partial charge in [-0.1, -0.05) is 48.5 Å². The third kappa shape index (κ3) is 6.17. The van der Waals surface area contributed by atoms with Crippen molar-refractivity contribution in [3.63, 3.8) is 0 Å². The van der Waals surface area contributed by atoms with Crippen molar-refractivity contribution < 1.29 is 9.59 Å². The molecular weight excluding hydrogens is 386 g/mol. The number of likely N-dealkylation sites (tertiary alicyclic amines) is 2. The third-order valence-corrected chi connectivity index (χ3v) is 6.69. The molecule has 2 heterocycles. The van der Waals surface area contributed by atoms with Gasteiger partial charge in [-0.3, -0.25) is 14.5 Å². The Morgan fingerprint density at radius 2 is 1.42 bits per heavy atom. The molecule has 5 heteroatoms. The number of carbonyl (C=O) groups is 2. The fourth-order valence-corrected chi connectivity index (χ4v) is 4.74. The van der Waals surface area contributed by atoms with Crippen LogP contribution in [0.2, 0.25) is 0 Å². The van der Waals surface area contributed by atoms with Crippen molar-refractivity contribution in [2.24, 2.45) is 11.8 Å². The van der Waals surface area contributed by atoms with Crippen LogP contribution in [-0.4, -0.2) is 54.3 Å². The summed E-state index contributed by atoms with van der Waals surface area (Å²) < 4.78 is 0. The molecule has 2 aromatic rings. The molecule has 1 N–H and O–H groups in total. The molecule has 2 aliphatic heterocycles. The van der Waals surface area contributed by atoms with Crippen LogP contribution in [0, 0.1) is 11.8 Å². The molecule has 0 radical (unpaired) electrons. The topological polar surface area (TPSA) is 52.7 Å². The molecule has 2 saturated heterocycles. The molecule has 4 rings (SSSR count). The van der Waals surface area contributed by atoms with E-state index in [4.69, 9.17) is 0 Å². The first-order valence-electron chi connectivity index (χ1n) is 11.6. The van der Waals surface area contributed by atoms with Gasteiger partial charge in [0, 0.05) is 24.7 Å². The first kappa shape index (κ1) is 21.6. The van der Waals surface area contributed by atoms with Gasteiger partial charge in [-0.05, 0) is 68.8 Å². The summed E-state index contributed by atoms with van der Waals surface area (Å²) in [5, 5.41) is 2.99. The first-order chi connectivity index (χ1) is 15.2. The fraction of sp³-hybridized carbons (Fsp3) is 0.462. The molecule has 2 amide bonds. The summed E-state index contributed by atoms with van der Waals surface area (Å²) in [4.78, 5) is 29.5. The summed E-state index contributed by atoms with van der Waals surface area (Å²) in [6.07, 6.45) is 4.93. The molecular formula is C26H33N3O2. The Morgan fingerprint density at radius 1 is 0.806 bits per heavy atom. The largest absolute Gasteiger partial charge is 0.342 e. The maximum absolute atomic E-state index is 12.8. The van der Waals surface area contributed by atoms with Gasteiger partial charge in [0.2, 0.25) is 11.8 Å². The second-order valence-corrected chi connectivity index (χ2v) is 8.92. The minimum Gasteiger partial charge on any atom is -0.342 e. The number of anilines is 1. The molecule has 5 nitrogen and oxygen atoms in total. The summed E-state index contributed by atoms with van der Waals surface area (Å²) in [7, 11) is 0. The molecule has 0 saturated carbocycles. The molecule has 0 bridgehead atoms. The lowest BCUT2D eigenvalue weighted by atomic mass is 9.90. The van der Waals surface area contributed by atoms with Gasteiger partial charge in [-0.15, -0.1) is 0 Å². The summed E-state index contributed by atoms with van der Waals surface area (Å²) in [6, 6.07) is 20.3. The summed E-state index contributed by atoms with van der Waals surface area (Å²) >= 11 is 0. The van der Waals surface area contributed by atoms with Crippen LogP contribution in [0.5, 0.6) is 0 Å². The van der Waals surface area contributed by atoms with Gasteiger partial charge in [0.1, 0.15) is 0 Å². The Balaban J connectivity index is 1.16. The van der Waals surface area contributed by atoms with Crippen LogP contribution in [0.25, 0.3) is 0 Å². The molecule has 164 valence electrons. The van der Waals surface area contributed by atoms with Gasteiger partial charge in [-0.2, -0.15) is 0 Å². The zero-order valence-electron chi connectivity index (χ0n) is 18.2. The van der Waals surface area contributed by atoms with Crippen molar-refractivity contribution in [1.29, 1.82) is 0 Å². The Kier molecular flexibility index (Phi) is 7.36. The monoisotopic (exact) mass is 419 g/mol. The van der Waals surface area contributed by atoms with E-state index in [1.807, 2.05) is 35.2 Å². The summed E-state index contributed by atoms with van der Waals surface area (Å²) in [5.74, 6) is 0.979. The number of hydrogen-bond donors (Lipinski definition) is 1. The highest BCUT2D eigenvalue weighted by atomic mass is 16.2. The minimum absolute atomic E-state index is 0.0158. The van der Waals surface area contributed by atoms with Crippen LogP contribution in [0.15, 0.2) is 60.7 Å². The van der Waals surface area contributed by atoms with E-state index in [1.165, 1.54) is 5.56 Å². The predicted octanol–water partition coefficient (Wildman–Crippen LogP) is 3.82. The molecule has 0 unspecified atom stereocenters. The molecule has 31 heavy (non-hydrogen) atoms. The Morgan fingerprint density at radius 3 is 2.06 bits per heavy atom. The number of piperidine rings is 2. The van der Waals surface area contributed by atoms with Crippen LogP contribution >= 0.6 is 0 Å². The highest BCUT2D eigenvalue weighted by Gasteiger charge is 2.29. The highest BCUT2D eigenvalue weighted by molar-refractivity contribution is 5.92. The van der Waals surface area contributed by atoms with E-state index in [0.29, 0.717) is 25.6 Å². The summed E-state index contributed by atoms with van der Waals surface area (Å²) in [5.41, 5.74) is 2.25. The maximum atomic E-state index is 12.8. The zero-order valence-corrected chi connectivity index (χ0v) is 18.2. The van der Waals surface area contributed by atoms with Gasteiger partial charge >= 0.3 is 0 Å². The second-order valence-electron chi connectivity index (χ2n) is 8.92.